The zero-order chi connectivity index (χ0) is 29.3. The molecule has 13 heteroatoms. The van der Waals surface area contributed by atoms with Gasteiger partial charge in [-0.2, -0.15) is 5.10 Å². The van der Waals surface area contributed by atoms with Crippen LogP contribution in [0, 0.1) is 0 Å². The largest absolute Gasteiger partial charge is 0.487 e. The number of hydrogen-bond acceptors (Lipinski definition) is 10. The first-order chi connectivity index (χ1) is 20.2. The Labute approximate surface area is 242 Å². The lowest BCUT2D eigenvalue weighted by molar-refractivity contribution is 0.0126. The molecule has 1 fully saturated rings. The van der Waals surface area contributed by atoms with Gasteiger partial charge in [0.1, 0.15) is 11.7 Å². The van der Waals surface area contributed by atoms with E-state index in [0.29, 0.717) is 61.0 Å². The van der Waals surface area contributed by atoms with Gasteiger partial charge in [-0.3, -0.25) is 4.68 Å². The van der Waals surface area contributed by atoms with Crippen LogP contribution in [0.15, 0.2) is 55.2 Å². The molecule has 5 heterocycles. The molecule has 0 atom stereocenters. The first-order valence-corrected chi connectivity index (χ1v) is 13.8. The summed E-state index contributed by atoms with van der Waals surface area (Å²) < 4.78 is 15.0. The molecule has 1 aliphatic rings. The molecule has 6 rings (SSSR count). The van der Waals surface area contributed by atoms with E-state index in [1.54, 1.807) is 39.1 Å². The van der Waals surface area contributed by atoms with Crippen LogP contribution >= 0.6 is 0 Å². The molecule has 0 N–H and O–H groups in total. The normalized spacial score (nSPS) is 14.3. The van der Waals surface area contributed by atoms with E-state index in [1.807, 2.05) is 58.3 Å². The molecular formula is C29H32N10O3. The lowest BCUT2D eigenvalue weighted by Gasteiger charge is -2.33. The maximum absolute atomic E-state index is 12.3. The Morgan fingerprint density at radius 2 is 1.81 bits per heavy atom. The number of aromatic nitrogens is 9. The van der Waals surface area contributed by atoms with Gasteiger partial charge in [-0.05, 0) is 32.4 Å². The van der Waals surface area contributed by atoms with Crippen molar-refractivity contribution in [1.29, 1.82) is 0 Å². The second kappa shape index (κ2) is 11.1. The second-order valence-corrected chi connectivity index (χ2v) is 11.3. The molecule has 1 aromatic carbocycles. The highest BCUT2D eigenvalue weighted by molar-refractivity contribution is 5.70. The first kappa shape index (κ1) is 27.2. The molecule has 13 nitrogen and oxygen atoms in total. The minimum absolute atomic E-state index is 0.0132. The molecule has 216 valence electrons. The summed E-state index contributed by atoms with van der Waals surface area (Å²) >= 11 is 0. The number of fused-ring (bicyclic) bond motifs is 1. The highest BCUT2D eigenvalue weighted by atomic mass is 16.6. The zero-order valence-corrected chi connectivity index (χ0v) is 24.0. The van der Waals surface area contributed by atoms with Crippen molar-refractivity contribution in [2.45, 2.75) is 51.9 Å². The number of likely N-dealkylation sites (tertiary alicyclic amines) is 1. The number of rotatable bonds is 6. The Morgan fingerprint density at radius 3 is 2.52 bits per heavy atom. The van der Waals surface area contributed by atoms with Crippen molar-refractivity contribution in [3.05, 3.63) is 60.8 Å². The number of aryl methyl sites for hydroxylation is 1. The number of carbonyl (C=O) groups excluding carboxylic acids is 1. The van der Waals surface area contributed by atoms with Gasteiger partial charge < -0.3 is 14.4 Å². The fraction of sp³-hybridized carbons (Fsp3) is 0.379. The number of ether oxygens (including phenoxy) is 2. The van der Waals surface area contributed by atoms with Crippen LogP contribution in [-0.4, -0.2) is 80.5 Å². The highest BCUT2D eigenvalue weighted by Gasteiger charge is 2.27. The van der Waals surface area contributed by atoms with Gasteiger partial charge in [0.05, 0.1) is 37.0 Å². The van der Waals surface area contributed by atoms with Crippen molar-refractivity contribution in [3.63, 3.8) is 0 Å². The molecule has 5 aromatic rings. The molecule has 0 spiro atoms. The van der Waals surface area contributed by atoms with E-state index < -0.39 is 5.60 Å². The Morgan fingerprint density at radius 1 is 1.02 bits per heavy atom. The average Bonchev–Trinajstić information content (AvgIpc) is 3.59. The van der Waals surface area contributed by atoms with Gasteiger partial charge in [0, 0.05) is 50.3 Å². The fourth-order valence-electron chi connectivity index (χ4n) is 4.74. The molecule has 0 aliphatic carbocycles. The lowest BCUT2D eigenvalue weighted by Crippen LogP contribution is -2.44. The van der Waals surface area contributed by atoms with E-state index in [2.05, 4.69) is 30.4 Å². The highest BCUT2D eigenvalue weighted by Crippen LogP contribution is 2.23. The van der Waals surface area contributed by atoms with E-state index in [0.717, 1.165) is 16.7 Å². The molecule has 1 saturated heterocycles. The summed E-state index contributed by atoms with van der Waals surface area (Å²) in [6, 6.07) is 7.96. The summed E-state index contributed by atoms with van der Waals surface area (Å²) in [5, 5.41) is 12.7. The van der Waals surface area contributed by atoms with E-state index in [4.69, 9.17) is 14.5 Å². The number of nitrogens with zero attached hydrogens (tertiary/aromatic N) is 10. The van der Waals surface area contributed by atoms with Crippen molar-refractivity contribution < 1.29 is 14.3 Å². The standard InChI is InChI=1S/C29H32N10O3/c1-29(2,3)42-28(40)38-10-8-22(9-11-38)41-23-14-30-25(31-15-23)20-7-5-6-19(12-20)17-39-27-26(35-36-39)32-16-24(34-27)21-13-33-37(4)18-21/h5-7,12-16,18,22H,8-11,17H2,1-4H3. The quantitative estimate of drug-likeness (QED) is 0.296. The fourth-order valence-corrected chi connectivity index (χ4v) is 4.74. The Kier molecular flexibility index (Phi) is 7.23. The molecule has 0 saturated carbocycles. The Hall–Kier alpha value is -4.94. The van der Waals surface area contributed by atoms with Gasteiger partial charge in [-0.15, -0.1) is 5.10 Å². The van der Waals surface area contributed by atoms with Crippen molar-refractivity contribution in [2.75, 3.05) is 13.1 Å². The molecule has 1 aliphatic heterocycles. The molecule has 0 bridgehead atoms. The lowest BCUT2D eigenvalue weighted by atomic mass is 10.1. The van der Waals surface area contributed by atoms with Crippen LogP contribution in [0.3, 0.4) is 0 Å². The Balaban J connectivity index is 1.10. The van der Waals surface area contributed by atoms with Gasteiger partial charge in [0.15, 0.2) is 17.2 Å². The summed E-state index contributed by atoms with van der Waals surface area (Å²) in [6.45, 7) is 7.24. The van der Waals surface area contributed by atoms with Crippen LogP contribution in [0.4, 0.5) is 4.79 Å². The number of amides is 1. The molecule has 4 aromatic heterocycles. The van der Waals surface area contributed by atoms with Crippen LogP contribution in [0.25, 0.3) is 33.9 Å². The second-order valence-electron chi connectivity index (χ2n) is 11.3. The van der Waals surface area contributed by atoms with Gasteiger partial charge in [0.25, 0.3) is 0 Å². The summed E-state index contributed by atoms with van der Waals surface area (Å²) in [6.07, 6.45) is 9.83. The monoisotopic (exact) mass is 568 g/mol. The smallest absolute Gasteiger partial charge is 0.410 e. The average molecular weight is 569 g/mol. The van der Waals surface area contributed by atoms with E-state index in [9.17, 15) is 4.79 Å². The topological polar surface area (TPSA) is 139 Å². The van der Waals surface area contributed by atoms with Crippen molar-refractivity contribution in [3.8, 4) is 28.4 Å². The van der Waals surface area contributed by atoms with Gasteiger partial charge in [-0.1, -0.05) is 23.4 Å². The number of carbonyl (C=O) groups is 1. The molecule has 1 amide bonds. The molecule has 42 heavy (non-hydrogen) atoms. The van der Waals surface area contributed by atoms with E-state index in [1.165, 1.54) is 0 Å². The van der Waals surface area contributed by atoms with Gasteiger partial charge >= 0.3 is 6.09 Å². The van der Waals surface area contributed by atoms with Gasteiger partial charge in [-0.25, -0.2) is 29.4 Å². The van der Waals surface area contributed by atoms with Crippen molar-refractivity contribution in [1.82, 2.24) is 49.6 Å². The van der Waals surface area contributed by atoms with Crippen LogP contribution in [0.1, 0.15) is 39.2 Å². The van der Waals surface area contributed by atoms with Gasteiger partial charge in [0.2, 0.25) is 5.65 Å². The first-order valence-electron chi connectivity index (χ1n) is 13.8. The Bertz CT molecular complexity index is 1700. The molecule has 0 unspecified atom stereocenters. The maximum Gasteiger partial charge on any atom is 0.410 e. The summed E-state index contributed by atoms with van der Waals surface area (Å²) in [5.74, 6) is 1.19. The third kappa shape index (κ3) is 6.19. The zero-order valence-electron chi connectivity index (χ0n) is 24.0. The van der Waals surface area contributed by atoms with Crippen LogP contribution in [-0.2, 0) is 18.3 Å². The summed E-state index contributed by atoms with van der Waals surface area (Å²) in [7, 11) is 1.86. The SMILES string of the molecule is Cn1cc(-c2cnc3nnn(Cc4cccc(-c5ncc(OC6CCN(C(=O)OC(C)(C)C)CC6)cn5)c4)c3n2)cn1. The van der Waals surface area contributed by atoms with E-state index in [-0.39, 0.29) is 12.2 Å². The minimum Gasteiger partial charge on any atom is -0.487 e. The van der Waals surface area contributed by atoms with Crippen molar-refractivity contribution in [2.24, 2.45) is 7.05 Å². The van der Waals surface area contributed by atoms with E-state index >= 15 is 0 Å². The summed E-state index contributed by atoms with van der Waals surface area (Å²) in [4.78, 5) is 32.3. The minimum atomic E-state index is -0.507. The van der Waals surface area contributed by atoms with Crippen LogP contribution < -0.4 is 4.74 Å². The maximum atomic E-state index is 12.3. The molecule has 0 radical (unpaired) electrons. The predicted octanol–water partition coefficient (Wildman–Crippen LogP) is 3.91. The number of benzene rings is 1. The molecular weight excluding hydrogens is 536 g/mol. The van der Waals surface area contributed by atoms with Crippen LogP contribution in [0.5, 0.6) is 5.75 Å². The van der Waals surface area contributed by atoms with Crippen molar-refractivity contribution >= 4 is 17.4 Å². The third-order valence-corrected chi connectivity index (χ3v) is 6.77. The predicted molar refractivity (Wildman–Crippen MR) is 153 cm³/mol. The summed E-state index contributed by atoms with van der Waals surface area (Å²) in [5.41, 5.74) is 4.01. The third-order valence-electron chi connectivity index (χ3n) is 6.77. The number of hydrogen-bond donors (Lipinski definition) is 0. The number of piperidine rings is 1. The van der Waals surface area contributed by atoms with Crippen LogP contribution in [0.2, 0.25) is 0 Å².